The molecule has 0 radical (unpaired) electrons. The van der Waals surface area contributed by atoms with E-state index in [0.29, 0.717) is 17.8 Å². The maximum absolute atomic E-state index is 11.2. The molecular formula is C27H36N2O2. The minimum absolute atomic E-state index is 0.184. The van der Waals surface area contributed by atoms with E-state index >= 15 is 0 Å². The zero-order chi connectivity index (χ0) is 21.6. The van der Waals surface area contributed by atoms with Crippen molar-refractivity contribution in [1.82, 2.24) is 9.88 Å². The van der Waals surface area contributed by atoms with Crippen molar-refractivity contribution >= 4 is 0 Å². The molecule has 0 unspecified atom stereocenters. The van der Waals surface area contributed by atoms with Gasteiger partial charge in [0.2, 0.25) is 0 Å². The zero-order valence-corrected chi connectivity index (χ0v) is 19.1. The molecular weight excluding hydrogens is 384 g/mol. The Balaban J connectivity index is 1.35. The summed E-state index contributed by atoms with van der Waals surface area (Å²) in [5, 5.41) is 11.2. The third-order valence-corrected chi connectivity index (χ3v) is 8.83. The summed E-state index contributed by atoms with van der Waals surface area (Å²) in [6, 6.07) is 13.1. The molecule has 0 amide bonds. The summed E-state index contributed by atoms with van der Waals surface area (Å²) in [6.45, 7) is 3.41. The van der Waals surface area contributed by atoms with Crippen LogP contribution in [-0.2, 0) is 12.8 Å². The van der Waals surface area contributed by atoms with E-state index in [0.717, 1.165) is 37.3 Å². The topological polar surface area (TPSA) is 45.6 Å². The van der Waals surface area contributed by atoms with E-state index in [2.05, 4.69) is 54.2 Å². The van der Waals surface area contributed by atoms with Crippen LogP contribution in [0.15, 0.2) is 42.6 Å². The lowest BCUT2D eigenvalue weighted by atomic mass is 9.55. The summed E-state index contributed by atoms with van der Waals surface area (Å²) in [6.07, 6.45) is 8.31. The molecule has 4 heteroatoms. The van der Waals surface area contributed by atoms with Gasteiger partial charge in [-0.15, -0.1) is 0 Å². The van der Waals surface area contributed by atoms with Crippen LogP contribution in [0.1, 0.15) is 55.3 Å². The van der Waals surface area contributed by atoms with Crippen LogP contribution >= 0.6 is 0 Å². The van der Waals surface area contributed by atoms with Crippen LogP contribution < -0.4 is 4.74 Å². The van der Waals surface area contributed by atoms with Crippen LogP contribution in [-0.4, -0.2) is 47.8 Å². The Labute approximate surface area is 186 Å². The van der Waals surface area contributed by atoms with Gasteiger partial charge in [-0.05, 0) is 97.7 Å². The molecule has 2 aromatic rings. The third kappa shape index (κ3) is 3.58. The number of aryl methyl sites for hydroxylation is 1. The Morgan fingerprint density at radius 2 is 2.10 bits per heavy atom. The number of ether oxygens (including phenoxy) is 1. The average molecular weight is 421 g/mol. The van der Waals surface area contributed by atoms with Gasteiger partial charge >= 0.3 is 0 Å². The number of likely N-dealkylation sites (N-methyl/N-ethyl adjacent to an activating group) is 1. The van der Waals surface area contributed by atoms with Gasteiger partial charge in [-0.2, -0.15) is 0 Å². The molecule has 0 spiro atoms. The van der Waals surface area contributed by atoms with Crippen LogP contribution in [0.5, 0.6) is 5.75 Å². The molecule has 0 saturated heterocycles. The van der Waals surface area contributed by atoms with Crippen molar-refractivity contribution in [3.05, 3.63) is 59.4 Å². The van der Waals surface area contributed by atoms with Crippen LogP contribution in [0, 0.1) is 17.3 Å². The lowest BCUT2D eigenvalue weighted by Crippen LogP contribution is -2.52. The molecule has 3 aliphatic rings. The molecule has 5 rings (SSSR count). The Bertz CT molecular complexity index is 917. The fourth-order valence-electron chi connectivity index (χ4n) is 7.45. The number of nitrogens with zero attached hydrogens (tertiary/aromatic N) is 2. The quantitative estimate of drug-likeness (QED) is 0.776. The van der Waals surface area contributed by atoms with Crippen molar-refractivity contribution in [3.63, 3.8) is 0 Å². The summed E-state index contributed by atoms with van der Waals surface area (Å²) in [7, 11) is 3.96. The van der Waals surface area contributed by atoms with Gasteiger partial charge < -0.3 is 9.84 Å². The monoisotopic (exact) mass is 420 g/mol. The van der Waals surface area contributed by atoms with Crippen LogP contribution in [0.3, 0.4) is 0 Å². The summed E-state index contributed by atoms with van der Waals surface area (Å²) in [5.74, 6) is 2.89. The molecule has 6 atom stereocenters. The number of methoxy groups -OCH3 is 1. The first-order chi connectivity index (χ1) is 15.0. The molecule has 2 saturated carbocycles. The van der Waals surface area contributed by atoms with Gasteiger partial charge in [0, 0.05) is 30.9 Å². The summed E-state index contributed by atoms with van der Waals surface area (Å²) in [5.41, 5.74) is 4.34. The second-order valence-corrected chi connectivity index (χ2v) is 10.3. The summed E-state index contributed by atoms with van der Waals surface area (Å²) in [4.78, 5) is 6.92. The molecule has 4 nitrogen and oxygen atoms in total. The van der Waals surface area contributed by atoms with Crippen LogP contribution in [0.2, 0.25) is 0 Å². The highest BCUT2D eigenvalue weighted by Gasteiger charge is 2.58. The first-order valence-corrected chi connectivity index (χ1v) is 12.0. The first-order valence-electron chi connectivity index (χ1n) is 12.0. The minimum Gasteiger partial charge on any atom is -0.497 e. The Morgan fingerprint density at radius 1 is 1.23 bits per heavy atom. The summed E-state index contributed by atoms with van der Waals surface area (Å²) < 4.78 is 5.47. The first kappa shape index (κ1) is 21.0. The Morgan fingerprint density at radius 3 is 2.87 bits per heavy atom. The van der Waals surface area contributed by atoms with Crippen LogP contribution in [0.4, 0.5) is 0 Å². The smallest absolute Gasteiger partial charge is 0.119 e. The van der Waals surface area contributed by atoms with Gasteiger partial charge in [0.05, 0.1) is 13.2 Å². The van der Waals surface area contributed by atoms with Gasteiger partial charge in [0.25, 0.3) is 0 Å². The number of aliphatic hydroxyl groups excluding tert-OH is 1. The van der Waals surface area contributed by atoms with E-state index in [-0.39, 0.29) is 17.6 Å². The van der Waals surface area contributed by atoms with Crippen molar-refractivity contribution in [1.29, 1.82) is 0 Å². The number of fused-ring (bicyclic) bond motifs is 5. The fraction of sp³-hybridized carbons (Fsp3) is 0.593. The fourth-order valence-corrected chi connectivity index (χ4v) is 7.45. The number of pyridine rings is 1. The Kier molecular flexibility index (Phi) is 5.56. The molecule has 1 aromatic heterocycles. The van der Waals surface area contributed by atoms with Gasteiger partial charge in [0.15, 0.2) is 0 Å². The number of hydrogen-bond donors (Lipinski definition) is 1. The second kappa shape index (κ2) is 8.22. The van der Waals surface area contributed by atoms with Crippen LogP contribution in [0.25, 0.3) is 0 Å². The standard InChI is InChI=1S/C27H36N2O2/c1-27-13-11-22-21-10-8-20(31-3)16-18(21)7-9-23(22)24(27)17-25(30)26(27)29(2)15-12-19-6-4-5-14-28-19/h4-6,8,10,14,16,22-26,30H,7,9,11-13,15,17H2,1-3H3/t22-,23-,24+,25+,26+,27+/m1/s1. The largest absolute Gasteiger partial charge is 0.497 e. The lowest BCUT2D eigenvalue weighted by Gasteiger charge is -2.52. The van der Waals surface area contributed by atoms with Crippen molar-refractivity contribution in [2.45, 2.75) is 63.5 Å². The summed E-state index contributed by atoms with van der Waals surface area (Å²) >= 11 is 0. The van der Waals surface area contributed by atoms with Crippen molar-refractivity contribution in [2.24, 2.45) is 17.3 Å². The average Bonchev–Trinajstić information content (AvgIpc) is 3.07. The number of rotatable bonds is 5. The molecule has 1 heterocycles. The maximum Gasteiger partial charge on any atom is 0.119 e. The SMILES string of the molecule is COc1ccc2c(c1)CC[C@@H]1[C@@H]2CC[C@]2(C)[C@@H](N(C)CCc3ccccn3)[C@@H](O)C[C@@H]12. The number of aromatic nitrogens is 1. The second-order valence-electron chi connectivity index (χ2n) is 10.3. The number of aliphatic hydroxyl groups is 1. The van der Waals surface area contributed by atoms with E-state index < -0.39 is 0 Å². The molecule has 0 aliphatic heterocycles. The molecule has 31 heavy (non-hydrogen) atoms. The van der Waals surface area contributed by atoms with Gasteiger partial charge in [-0.25, -0.2) is 0 Å². The maximum atomic E-state index is 11.2. The van der Waals surface area contributed by atoms with Crippen molar-refractivity contribution in [3.8, 4) is 5.75 Å². The molecule has 3 aliphatic carbocycles. The Hall–Kier alpha value is -1.91. The van der Waals surface area contributed by atoms with Crippen molar-refractivity contribution < 1.29 is 9.84 Å². The number of benzene rings is 1. The van der Waals surface area contributed by atoms with E-state index in [9.17, 15) is 5.11 Å². The highest BCUT2D eigenvalue weighted by atomic mass is 16.5. The van der Waals surface area contributed by atoms with E-state index in [4.69, 9.17) is 4.74 Å². The minimum atomic E-state index is -0.236. The predicted octanol–water partition coefficient (Wildman–Crippen LogP) is 4.46. The predicted molar refractivity (Wildman–Crippen MR) is 123 cm³/mol. The van der Waals surface area contributed by atoms with E-state index in [1.54, 1.807) is 12.7 Å². The molecule has 1 N–H and O–H groups in total. The van der Waals surface area contributed by atoms with E-state index in [1.165, 1.54) is 24.8 Å². The molecule has 166 valence electrons. The van der Waals surface area contributed by atoms with Gasteiger partial charge in [0.1, 0.15) is 5.75 Å². The molecule has 2 fully saturated rings. The van der Waals surface area contributed by atoms with Gasteiger partial charge in [-0.1, -0.05) is 19.1 Å². The zero-order valence-electron chi connectivity index (χ0n) is 19.1. The van der Waals surface area contributed by atoms with Gasteiger partial charge in [-0.3, -0.25) is 9.88 Å². The third-order valence-electron chi connectivity index (χ3n) is 8.83. The molecule has 0 bridgehead atoms. The highest BCUT2D eigenvalue weighted by Crippen LogP contribution is 2.61. The van der Waals surface area contributed by atoms with E-state index in [1.807, 2.05) is 12.3 Å². The normalized spacial score (nSPS) is 34.2. The number of hydrogen-bond acceptors (Lipinski definition) is 4. The van der Waals surface area contributed by atoms with Crippen molar-refractivity contribution in [2.75, 3.05) is 20.7 Å². The highest BCUT2D eigenvalue weighted by molar-refractivity contribution is 5.40. The molecule has 1 aromatic carbocycles. The lowest BCUT2D eigenvalue weighted by molar-refractivity contribution is -0.0109.